The number of tetrazole rings is 1. The molecule has 0 atom stereocenters. The monoisotopic (exact) mass is 366 g/mol. The van der Waals surface area contributed by atoms with Gasteiger partial charge in [0.1, 0.15) is 0 Å². The van der Waals surface area contributed by atoms with Gasteiger partial charge >= 0.3 is 0 Å². The van der Waals surface area contributed by atoms with Crippen molar-refractivity contribution in [1.29, 1.82) is 0 Å². The fourth-order valence-corrected chi connectivity index (χ4v) is 3.32. The Bertz CT molecular complexity index is 1040. The lowest BCUT2D eigenvalue weighted by atomic mass is 10.2. The summed E-state index contributed by atoms with van der Waals surface area (Å²) in [4.78, 5) is 0. The molecule has 26 heavy (non-hydrogen) atoms. The SMILES string of the molecule is CCn1nnnc1NCc1cn(Cc2ccccc2Cl)c2ccccc12. The Morgan fingerprint density at radius 3 is 2.69 bits per heavy atom. The van der Waals surface area contributed by atoms with Crippen molar-refractivity contribution < 1.29 is 0 Å². The number of halogens is 1. The molecule has 0 aliphatic carbocycles. The Labute approximate surface area is 156 Å². The fraction of sp³-hybridized carbons (Fsp3) is 0.211. The number of rotatable bonds is 6. The van der Waals surface area contributed by atoms with Crippen LogP contribution in [0.4, 0.5) is 5.95 Å². The van der Waals surface area contributed by atoms with Crippen LogP contribution in [0.2, 0.25) is 5.02 Å². The highest BCUT2D eigenvalue weighted by molar-refractivity contribution is 6.31. The predicted molar refractivity (Wildman–Crippen MR) is 103 cm³/mol. The molecule has 0 radical (unpaired) electrons. The highest BCUT2D eigenvalue weighted by Crippen LogP contribution is 2.25. The van der Waals surface area contributed by atoms with Gasteiger partial charge in [0.2, 0.25) is 5.95 Å². The third kappa shape index (κ3) is 3.15. The van der Waals surface area contributed by atoms with Gasteiger partial charge < -0.3 is 9.88 Å². The first kappa shape index (κ1) is 16.6. The number of anilines is 1. The lowest BCUT2D eigenvalue weighted by Gasteiger charge is -2.07. The summed E-state index contributed by atoms with van der Waals surface area (Å²) in [5.74, 6) is 0.676. The molecule has 132 valence electrons. The Morgan fingerprint density at radius 2 is 1.85 bits per heavy atom. The summed E-state index contributed by atoms with van der Waals surface area (Å²) >= 11 is 6.34. The standard InChI is InChI=1S/C19H19ClN6/c1-2-26-19(22-23-24-26)21-11-15-13-25(18-10-6-4-8-16(15)18)12-14-7-3-5-9-17(14)20/h3-10,13H,2,11-12H2,1H3,(H,21,22,24). The van der Waals surface area contributed by atoms with E-state index in [4.69, 9.17) is 11.6 Å². The van der Waals surface area contributed by atoms with Gasteiger partial charge in [0.05, 0.1) is 0 Å². The second kappa shape index (κ2) is 7.17. The van der Waals surface area contributed by atoms with Gasteiger partial charge in [-0.05, 0) is 40.6 Å². The summed E-state index contributed by atoms with van der Waals surface area (Å²) in [6, 6.07) is 16.3. The minimum absolute atomic E-state index is 0.649. The van der Waals surface area contributed by atoms with Gasteiger partial charge in [-0.25, -0.2) is 4.68 Å². The summed E-state index contributed by atoms with van der Waals surface area (Å²) in [5, 5.41) is 17.0. The zero-order valence-corrected chi connectivity index (χ0v) is 15.2. The zero-order valence-electron chi connectivity index (χ0n) is 14.4. The highest BCUT2D eigenvalue weighted by atomic mass is 35.5. The number of aromatic nitrogens is 5. The lowest BCUT2D eigenvalue weighted by molar-refractivity contribution is 0.629. The van der Waals surface area contributed by atoms with Gasteiger partial charge in [0.15, 0.2) is 0 Å². The molecule has 1 N–H and O–H groups in total. The molecule has 0 unspecified atom stereocenters. The molecule has 4 aromatic rings. The van der Waals surface area contributed by atoms with E-state index in [1.807, 2.05) is 25.1 Å². The van der Waals surface area contributed by atoms with E-state index < -0.39 is 0 Å². The molecule has 2 aromatic carbocycles. The first-order valence-electron chi connectivity index (χ1n) is 8.56. The van der Waals surface area contributed by atoms with Crippen LogP contribution in [0, 0.1) is 0 Å². The second-order valence-electron chi connectivity index (χ2n) is 6.06. The van der Waals surface area contributed by atoms with Crippen molar-refractivity contribution in [2.24, 2.45) is 0 Å². The van der Waals surface area contributed by atoms with Gasteiger partial charge in [-0.3, -0.25) is 0 Å². The van der Waals surface area contributed by atoms with Crippen molar-refractivity contribution in [3.63, 3.8) is 0 Å². The smallest absolute Gasteiger partial charge is 0.243 e. The van der Waals surface area contributed by atoms with Crippen molar-refractivity contribution in [3.8, 4) is 0 Å². The van der Waals surface area contributed by atoms with Crippen molar-refractivity contribution in [2.45, 2.75) is 26.6 Å². The van der Waals surface area contributed by atoms with Crippen LogP contribution in [0.15, 0.2) is 54.7 Å². The molecule has 0 amide bonds. The number of para-hydroxylation sites is 1. The summed E-state index contributed by atoms with van der Waals surface area (Å²) < 4.78 is 3.97. The molecule has 0 spiro atoms. The number of nitrogens with zero attached hydrogens (tertiary/aromatic N) is 5. The van der Waals surface area contributed by atoms with Crippen LogP contribution in [-0.2, 0) is 19.6 Å². The van der Waals surface area contributed by atoms with Crippen LogP contribution in [0.5, 0.6) is 0 Å². The Balaban J connectivity index is 1.64. The van der Waals surface area contributed by atoms with Gasteiger partial charge in [0.25, 0.3) is 0 Å². The van der Waals surface area contributed by atoms with E-state index >= 15 is 0 Å². The van der Waals surface area contributed by atoms with Crippen LogP contribution < -0.4 is 5.32 Å². The average molecular weight is 367 g/mol. The van der Waals surface area contributed by atoms with Gasteiger partial charge in [-0.2, -0.15) is 0 Å². The topological polar surface area (TPSA) is 60.6 Å². The second-order valence-corrected chi connectivity index (χ2v) is 6.47. The first-order chi connectivity index (χ1) is 12.8. The number of hydrogen-bond donors (Lipinski definition) is 1. The molecule has 2 heterocycles. The molecule has 0 aliphatic rings. The molecule has 0 saturated carbocycles. The number of benzene rings is 2. The number of fused-ring (bicyclic) bond motifs is 1. The highest BCUT2D eigenvalue weighted by Gasteiger charge is 2.11. The van der Waals surface area contributed by atoms with Gasteiger partial charge in [0, 0.05) is 41.8 Å². The van der Waals surface area contributed by atoms with Crippen LogP contribution in [0.1, 0.15) is 18.1 Å². The number of aryl methyl sites for hydroxylation is 1. The van der Waals surface area contributed by atoms with E-state index in [2.05, 4.69) is 61.9 Å². The van der Waals surface area contributed by atoms with E-state index in [0.29, 0.717) is 12.5 Å². The summed E-state index contributed by atoms with van der Waals surface area (Å²) in [5.41, 5.74) is 3.47. The van der Waals surface area contributed by atoms with Crippen LogP contribution in [0.25, 0.3) is 10.9 Å². The third-order valence-corrected chi connectivity index (χ3v) is 4.81. The largest absolute Gasteiger partial charge is 0.349 e. The third-order valence-electron chi connectivity index (χ3n) is 4.44. The van der Waals surface area contributed by atoms with Crippen molar-refractivity contribution in [1.82, 2.24) is 24.8 Å². The molecule has 6 nitrogen and oxygen atoms in total. The number of hydrogen-bond acceptors (Lipinski definition) is 4. The maximum atomic E-state index is 6.34. The van der Waals surface area contributed by atoms with E-state index in [1.165, 1.54) is 16.5 Å². The normalized spacial score (nSPS) is 11.2. The summed E-state index contributed by atoms with van der Waals surface area (Å²) in [7, 11) is 0. The minimum atomic E-state index is 0.649. The molecule has 0 bridgehead atoms. The molecule has 2 aromatic heterocycles. The minimum Gasteiger partial charge on any atom is -0.349 e. The zero-order chi connectivity index (χ0) is 17.9. The molecular formula is C19H19ClN6. The maximum Gasteiger partial charge on any atom is 0.243 e. The predicted octanol–water partition coefficient (Wildman–Crippen LogP) is 3.96. The van der Waals surface area contributed by atoms with E-state index in [1.54, 1.807) is 4.68 Å². The average Bonchev–Trinajstić information content (AvgIpc) is 3.26. The summed E-state index contributed by atoms with van der Waals surface area (Å²) in [6.07, 6.45) is 2.17. The van der Waals surface area contributed by atoms with E-state index in [9.17, 15) is 0 Å². The fourth-order valence-electron chi connectivity index (χ4n) is 3.12. The van der Waals surface area contributed by atoms with E-state index in [0.717, 1.165) is 23.7 Å². The summed E-state index contributed by atoms with van der Waals surface area (Å²) in [6.45, 7) is 4.11. The van der Waals surface area contributed by atoms with Crippen LogP contribution >= 0.6 is 11.6 Å². The Kier molecular flexibility index (Phi) is 4.58. The molecule has 4 rings (SSSR count). The molecule has 7 heteroatoms. The molecule has 0 aliphatic heterocycles. The van der Waals surface area contributed by atoms with Gasteiger partial charge in [-0.15, -0.1) is 0 Å². The van der Waals surface area contributed by atoms with E-state index in [-0.39, 0.29) is 0 Å². The van der Waals surface area contributed by atoms with Crippen LogP contribution in [0.3, 0.4) is 0 Å². The Hall–Kier alpha value is -2.86. The van der Waals surface area contributed by atoms with Crippen molar-refractivity contribution >= 4 is 28.5 Å². The van der Waals surface area contributed by atoms with Gasteiger partial charge in [-0.1, -0.05) is 53.1 Å². The first-order valence-corrected chi connectivity index (χ1v) is 8.94. The molecular weight excluding hydrogens is 348 g/mol. The Morgan fingerprint density at radius 1 is 1.04 bits per heavy atom. The van der Waals surface area contributed by atoms with Crippen molar-refractivity contribution in [3.05, 3.63) is 70.9 Å². The lowest BCUT2D eigenvalue weighted by Crippen LogP contribution is -2.07. The van der Waals surface area contributed by atoms with Crippen molar-refractivity contribution in [2.75, 3.05) is 5.32 Å². The quantitative estimate of drug-likeness (QED) is 0.561. The molecule has 0 saturated heterocycles. The molecule has 0 fully saturated rings. The van der Waals surface area contributed by atoms with Crippen LogP contribution in [-0.4, -0.2) is 24.8 Å². The number of nitrogens with one attached hydrogen (secondary N) is 1. The maximum absolute atomic E-state index is 6.34.